The molecule has 3 aromatic carbocycles. The van der Waals surface area contributed by atoms with Gasteiger partial charge in [0.05, 0.1) is 6.42 Å². The topological polar surface area (TPSA) is 49.4 Å². The van der Waals surface area contributed by atoms with Crippen LogP contribution in [0.3, 0.4) is 0 Å². The third kappa shape index (κ3) is 7.33. The van der Waals surface area contributed by atoms with Crippen LogP contribution in [0.5, 0.6) is 0 Å². The van der Waals surface area contributed by atoms with Gasteiger partial charge in [0.2, 0.25) is 11.8 Å². The zero-order chi connectivity index (χ0) is 24.5. The van der Waals surface area contributed by atoms with E-state index in [-0.39, 0.29) is 24.8 Å². The number of carbonyl (C=O) groups excluding carboxylic acids is 2. The van der Waals surface area contributed by atoms with Gasteiger partial charge in [-0.25, -0.2) is 0 Å². The third-order valence-corrected chi connectivity index (χ3v) is 6.65. The lowest BCUT2D eigenvalue weighted by molar-refractivity contribution is -0.140. The van der Waals surface area contributed by atoms with Crippen molar-refractivity contribution in [3.05, 3.63) is 104 Å². The predicted molar refractivity (Wildman–Crippen MR) is 142 cm³/mol. The van der Waals surface area contributed by atoms with Gasteiger partial charge in [0.1, 0.15) is 6.04 Å². The highest BCUT2D eigenvalue weighted by Gasteiger charge is 2.31. The summed E-state index contributed by atoms with van der Waals surface area (Å²) < 4.78 is 0.904. The summed E-state index contributed by atoms with van der Waals surface area (Å²) >= 11 is 16.2. The van der Waals surface area contributed by atoms with E-state index in [1.807, 2.05) is 61.5 Å². The van der Waals surface area contributed by atoms with Crippen LogP contribution in [0, 0.1) is 0 Å². The summed E-state index contributed by atoms with van der Waals surface area (Å²) in [6.07, 6.45) is 1.20. The lowest BCUT2D eigenvalue weighted by atomic mass is 10.0. The highest BCUT2D eigenvalue weighted by Crippen LogP contribution is 2.26. The molecule has 0 bridgehead atoms. The molecule has 3 aromatic rings. The number of nitrogens with one attached hydrogen (secondary N) is 1. The maximum absolute atomic E-state index is 13.7. The summed E-state index contributed by atoms with van der Waals surface area (Å²) in [5, 5.41) is 3.84. The molecule has 0 heterocycles. The second kappa shape index (κ2) is 12.9. The lowest BCUT2D eigenvalue weighted by Crippen LogP contribution is -2.51. The Balaban J connectivity index is 1.99. The van der Waals surface area contributed by atoms with Gasteiger partial charge in [0, 0.05) is 34.0 Å². The highest BCUT2D eigenvalue weighted by molar-refractivity contribution is 9.10. The summed E-state index contributed by atoms with van der Waals surface area (Å²) in [4.78, 5) is 28.7. The van der Waals surface area contributed by atoms with Gasteiger partial charge in [0.25, 0.3) is 0 Å². The Morgan fingerprint density at radius 1 is 0.941 bits per heavy atom. The number of hydrogen-bond donors (Lipinski definition) is 1. The van der Waals surface area contributed by atoms with Gasteiger partial charge in [-0.3, -0.25) is 9.59 Å². The van der Waals surface area contributed by atoms with Gasteiger partial charge in [-0.15, -0.1) is 0 Å². The minimum absolute atomic E-state index is 0.00113. The largest absolute Gasteiger partial charge is 0.354 e. The number of halogens is 3. The minimum atomic E-state index is -0.693. The molecular formula is C27H27BrCl2N2O2. The van der Waals surface area contributed by atoms with Gasteiger partial charge in [-0.05, 0) is 47.4 Å². The van der Waals surface area contributed by atoms with Crippen LogP contribution in [0.25, 0.3) is 0 Å². The molecule has 1 atom stereocenters. The van der Waals surface area contributed by atoms with Crippen LogP contribution in [-0.4, -0.2) is 29.3 Å². The summed E-state index contributed by atoms with van der Waals surface area (Å²) in [6.45, 7) is 2.81. The Labute approximate surface area is 219 Å². The van der Waals surface area contributed by atoms with Crippen molar-refractivity contribution in [2.75, 3.05) is 6.54 Å². The Morgan fingerprint density at radius 2 is 1.59 bits per heavy atom. The fourth-order valence-electron chi connectivity index (χ4n) is 3.71. The zero-order valence-corrected chi connectivity index (χ0v) is 22.0. The molecule has 0 aliphatic rings. The number of rotatable bonds is 10. The van der Waals surface area contributed by atoms with Crippen molar-refractivity contribution in [2.45, 2.75) is 38.8 Å². The molecule has 34 heavy (non-hydrogen) atoms. The molecule has 7 heteroatoms. The average molecular weight is 562 g/mol. The van der Waals surface area contributed by atoms with Gasteiger partial charge < -0.3 is 10.2 Å². The van der Waals surface area contributed by atoms with E-state index < -0.39 is 6.04 Å². The molecule has 1 N–H and O–H groups in total. The molecule has 1 unspecified atom stereocenters. The van der Waals surface area contributed by atoms with Gasteiger partial charge >= 0.3 is 0 Å². The first-order valence-corrected chi connectivity index (χ1v) is 12.7. The normalized spacial score (nSPS) is 11.6. The van der Waals surface area contributed by atoms with Crippen LogP contribution in [-0.2, 0) is 29.0 Å². The van der Waals surface area contributed by atoms with Crippen molar-refractivity contribution in [3.8, 4) is 0 Å². The molecule has 0 fully saturated rings. The van der Waals surface area contributed by atoms with E-state index in [1.165, 1.54) is 0 Å². The van der Waals surface area contributed by atoms with E-state index in [0.29, 0.717) is 28.6 Å². The van der Waals surface area contributed by atoms with Crippen LogP contribution in [0.4, 0.5) is 0 Å². The van der Waals surface area contributed by atoms with Crippen LogP contribution >= 0.6 is 39.1 Å². The molecule has 4 nitrogen and oxygen atoms in total. The van der Waals surface area contributed by atoms with Crippen LogP contribution in [0.2, 0.25) is 10.0 Å². The molecule has 3 rings (SSSR count). The van der Waals surface area contributed by atoms with E-state index in [9.17, 15) is 9.59 Å². The highest BCUT2D eigenvalue weighted by atomic mass is 79.9. The van der Waals surface area contributed by atoms with Crippen molar-refractivity contribution in [1.82, 2.24) is 10.2 Å². The first-order chi connectivity index (χ1) is 16.4. The van der Waals surface area contributed by atoms with E-state index in [2.05, 4.69) is 21.2 Å². The summed E-state index contributed by atoms with van der Waals surface area (Å²) in [5.74, 6) is -0.401. The number of carbonyl (C=O) groups is 2. The molecule has 0 radical (unpaired) electrons. The van der Waals surface area contributed by atoms with Crippen molar-refractivity contribution < 1.29 is 9.59 Å². The van der Waals surface area contributed by atoms with Gasteiger partial charge in [-0.2, -0.15) is 0 Å². The van der Waals surface area contributed by atoms with Crippen LogP contribution < -0.4 is 5.32 Å². The molecule has 0 saturated carbocycles. The summed E-state index contributed by atoms with van der Waals surface area (Å²) in [6, 6.07) is 21.9. The Hall–Kier alpha value is -2.34. The maximum Gasteiger partial charge on any atom is 0.243 e. The molecule has 0 aromatic heterocycles. The quantitative estimate of drug-likeness (QED) is 0.308. The molecular weight excluding hydrogens is 535 g/mol. The summed E-state index contributed by atoms with van der Waals surface area (Å²) in [5.41, 5.74) is 2.44. The first-order valence-electron chi connectivity index (χ1n) is 11.2. The second-order valence-electron chi connectivity index (χ2n) is 8.03. The number of benzene rings is 3. The number of amides is 2. The first kappa shape index (κ1) is 26.3. The van der Waals surface area contributed by atoms with Crippen LogP contribution in [0.15, 0.2) is 77.3 Å². The van der Waals surface area contributed by atoms with Crippen molar-refractivity contribution in [2.24, 2.45) is 0 Å². The van der Waals surface area contributed by atoms with E-state index in [4.69, 9.17) is 23.2 Å². The lowest BCUT2D eigenvalue weighted by Gasteiger charge is -2.32. The molecule has 178 valence electrons. The predicted octanol–water partition coefficient (Wildman–Crippen LogP) is 6.46. The molecule has 0 aliphatic heterocycles. The van der Waals surface area contributed by atoms with Crippen molar-refractivity contribution >= 4 is 50.9 Å². The smallest absolute Gasteiger partial charge is 0.243 e. The standard InChI is InChI=1S/C27H27BrCl2N2O2/c1-2-14-31-27(34)25(16-19-8-4-3-5-9-19)32(18-20-10-6-11-21(28)15-20)26(33)17-22-23(29)12-7-13-24(22)30/h3-13,15,25H,2,14,16-18H2,1H3,(H,31,34). The van der Waals surface area contributed by atoms with Gasteiger partial charge in [0.15, 0.2) is 0 Å². The maximum atomic E-state index is 13.7. The van der Waals surface area contributed by atoms with Crippen molar-refractivity contribution in [1.29, 1.82) is 0 Å². The van der Waals surface area contributed by atoms with E-state index in [0.717, 1.165) is 22.0 Å². The molecule has 0 spiro atoms. The summed E-state index contributed by atoms with van der Waals surface area (Å²) in [7, 11) is 0. The number of hydrogen-bond acceptors (Lipinski definition) is 2. The van der Waals surface area contributed by atoms with Crippen molar-refractivity contribution in [3.63, 3.8) is 0 Å². The Bertz CT molecular complexity index is 1100. The Morgan fingerprint density at radius 3 is 2.24 bits per heavy atom. The Kier molecular flexibility index (Phi) is 10.00. The van der Waals surface area contributed by atoms with E-state index >= 15 is 0 Å². The fourth-order valence-corrected chi connectivity index (χ4v) is 4.68. The third-order valence-electron chi connectivity index (χ3n) is 5.45. The van der Waals surface area contributed by atoms with Gasteiger partial charge in [-0.1, -0.05) is 94.6 Å². The van der Waals surface area contributed by atoms with Crippen LogP contribution in [0.1, 0.15) is 30.0 Å². The monoisotopic (exact) mass is 560 g/mol. The second-order valence-corrected chi connectivity index (χ2v) is 9.76. The molecule has 0 saturated heterocycles. The SMILES string of the molecule is CCCNC(=O)C(Cc1ccccc1)N(Cc1cccc(Br)c1)C(=O)Cc1c(Cl)cccc1Cl. The minimum Gasteiger partial charge on any atom is -0.354 e. The molecule has 2 amide bonds. The molecule has 0 aliphatic carbocycles. The fraction of sp³-hybridized carbons (Fsp3) is 0.259. The average Bonchev–Trinajstić information content (AvgIpc) is 2.82. The number of nitrogens with zero attached hydrogens (tertiary/aromatic N) is 1. The zero-order valence-electron chi connectivity index (χ0n) is 18.9. The van der Waals surface area contributed by atoms with E-state index in [1.54, 1.807) is 23.1 Å².